The van der Waals surface area contributed by atoms with E-state index in [1.165, 1.54) is 6.08 Å². The largest absolute Gasteiger partial charge is 0.487 e. The summed E-state index contributed by atoms with van der Waals surface area (Å²) in [5, 5.41) is 9.93. The molecule has 0 saturated heterocycles. The Labute approximate surface area is 164 Å². The first-order valence-electron chi connectivity index (χ1n) is 8.23. The number of allylic oxidation sites excluding steroid dienone is 2. The second-order valence-corrected chi connectivity index (χ2v) is 6.56. The minimum Gasteiger partial charge on any atom is -0.487 e. The molecule has 146 valence electrons. The number of halogens is 3. The lowest BCUT2D eigenvalue weighted by Crippen LogP contribution is -2.41. The predicted octanol–water partition coefficient (Wildman–Crippen LogP) is 3.99. The lowest BCUT2D eigenvalue weighted by atomic mass is 10.1. The van der Waals surface area contributed by atoms with Gasteiger partial charge in [0.1, 0.15) is 29.0 Å². The molecule has 1 aliphatic rings. The van der Waals surface area contributed by atoms with Crippen molar-refractivity contribution in [3.05, 3.63) is 76.2 Å². The Morgan fingerprint density at radius 1 is 1.29 bits per heavy atom. The molecule has 3 heterocycles. The number of rotatable bonds is 5. The van der Waals surface area contributed by atoms with Crippen molar-refractivity contribution in [1.82, 2.24) is 9.97 Å². The SMILES string of the molecule is CC1=CC(OCc2ncc(F)cc2F)=CC(C(=O)O)N1c1cc(Cl)ncc1C. The van der Waals surface area contributed by atoms with E-state index in [-0.39, 0.29) is 23.2 Å². The minimum absolute atomic E-state index is 0.0839. The zero-order valence-corrected chi connectivity index (χ0v) is 15.7. The maximum absolute atomic E-state index is 13.7. The number of nitrogens with zero attached hydrogens (tertiary/aromatic N) is 3. The molecule has 0 amide bonds. The highest BCUT2D eigenvalue weighted by atomic mass is 35.5. The van der Waals surface area contributed by atoms with Gasteiger partial charge in [-0.2, -0.15) is 0 Å². The van der Waals surface area contributed by atoms with E-state index in [1.807, 2.05) is 0 Å². The first-order valence-corrected chi connectivity index (χ1v) is 8.61. The summed E-state index contributed by atoms with van der Waals surface area (Å²) in [6, 6.07) is 1.23. The number of hydrogen-bond acceptors (Lipinski definition) is 5. The summed E-state index contributed by atoms with van der Waals surface area (Å²) in [6.45, 7) is 3.24. The zero-order valence-electron chi connectivity index (χ0n) is 15.0. The van der Waals surface area contributed by atoms with Crippen LogP contribution in [0.2, 0.25) is 5.15 Å². The average molecular weight is 408 g/mol. The predicted molar refractivity (Wildman–Crippen MR) is 98.7 cm³/mol. The van der Waals surface area contributed by atoms with E-state index in [0.29, 0.717) is 17.5 Å². The second-order valence-electron chi connectivity index (χ2n) is 6.17. The van der Waals surface area contributed by atoms with Crippen LogP contribution < -0.4 is 4.90 Å². The quantitative estimate of drug-likeness (QED) is 0.755. The normalized spacial score (nSPS) is 16.5. The van der Waals surface area contributed by atoms with E-state index < -0.39 is 23.6 Å². The Bertz CT molecular complexity index is 994. The topological polar surface area (TPSA) is 75.6 Å². The molecule has 0 aromatic carbocycles. The van der Waals surface area contributed by atoms with Crippen LogP contribution in [-0.2, 0) is 16.1 Å². The van der Waals surface area contributed by atoms with Crippen molar-refractivity contribution in [2.24, 2.45) is 0 Å². The average Bonchev–Trinajstić information content (AvgIpc) is 2.62. The van der Waals surface area contributed by atoms with Crippen LogP contribution in [0.15, 0.2) is 48.1 Å². The van der Waals surface area contributed by atoms with Crippen molar-refractivity contribution < 1.29 is 23.4 Å². The number of hydrogen-bond donors (Lipinski definition) is 1. The monoisotopic (exact) mass is 407 g/mol. The number of pyridine rings is 2. The Balaban J connectivity index is 1.87. The fraction of sp³-hybridized carbons (Fsp3) is 0.211. The molecule has 9 heteroatoms. The van der Waals surface area contributed by atoms with Crippen LogP contribution in [0.3, 0.4) is 0 Å². The highest BCUT2D eigenvalue weighted by molar-refractivity contribution is 6.29. The first-order chi connectivity index (χ1) is 13.3. The second kappa shape index (κ2) is 7.93. The summed E-state index contributed by atoms with van der Waals surface area (Å²) in [7, 11) is 0. The molecule has 2 aromatic rings. The summed E-state index contributed by atoms with van der Waals surface area (Å²) < 4.78 is 32.2. The fourth-order valence-electron chi connectivity index (χ4n) is 2.83. The molecule has 3 rings (SSSR count). The highest BCUT2D eigenvalue weighted by Crippen LogP contribution is 2.32. The van der Waals surface area contributed by atoms with Crippen LogP contribution in [0.5, 0.6) is 0 Å². The van der Waals surface area contributed by atoms with Gasteiger partial charge < -0.3 is 14.7 Å². The number of carboxylic acids is 1. The van der Waals surface area contributed by atoms with Gasteiger partial charge in [-0.15, -0.1) is 0 Å². The zero-order chi connectivity index (χ0) is 20.4. The molecule has 2 aromatic heterocycles. The molecule has 0 aliphatic carbocycles. The molecule has 6 nitrogen and oxygen atoms in total. The third-order valence-corrected chi connectivity index (χ3v) is 4.35. The van der Waals surface area contributed by atoms with Crippen LogP contribution in [0, 0.1) is 18.6 Å². The van der Waals surface area contributed by atoms with Crippen molar-refractivity contribution in [2.75, 3.05) is 4.90 Å². The van der Waals surface area contributed by atoms with E-state index in [2.05, 4.69) is 9.97 Å². The number of carboxylic acid groups (broad SMARTS) is 1. The van der Waals surface area contributed by atoms with Crippen LogP contribution in [-0.4, -0.2) is 27.1 Å². The standard InChI is InChI=1S/C19H16ClF2N3O3/c1-10-7-24-18(20)6-16(10)25-11(2)3-13(5-17(25)19(26)27)28-9-15-14(22)4-12(21)8-23-15/h3-8,17H,9H2,1-2H3,(H,26,27). The van der Waals surface area contributed by atoms with E-state index in [9.17, 15) is 18.7 Å². The molecule has 0 radical (unpaired) electrons. The van der Waals surface area contributed by atoms with Crippen LogP contribution >= 0.6 is 11.6 Å². The number of aromatic nitrogens is 2. The van der Waals surface area contributed by atoms with E-state index in [1.54, 1.807) is 37.1 Å². The summed E-state index contributed by atoms with van der Waals surface area (Å²) in [5.74, 6) is -2.49. The van der Waals surface area contributed by atoms with Crippen molar-refractivity contribution in [2.45, 2.75) is 26.5 Å². The number of ether oxygens (including phenoxy) is 1. The molecule has 1 N–H and O–H groups in total. The van der Waals surface area contributed by atoms with Gasteiger partial charge in [0.2, 0.25) is 0 Å². The van der Waals surface area contributed by atoms with Crippen LogP contribution in [0.1, 0.15) is 18.2 Å². The molecular weight excluding hydrogens is 392 g/mol. The number of aliphatic carboxylic acids is 1. The number of carbonyl (C=O) groups is 1. The van der Waals surface area contributed by atoms with Crippen molar-refractivity contribution in [3.63, 3.8) is 0 Å². The molecule has 28 heavy (non-hydrogen) atoms. The Morgan fingerprint density at radius 3 is 2.71 bits per heavy atom. The van der Waals surface area contributed by atoms with Gasteiger partial charge in [0, 0.05) is 23.6 Å². The Kier molecular flexibility index (Phi) is 5.60. The lowest BCUT2D eigenvalue weighted by molar-refractivity contribution is -0.137. The van der Waals surface area contributed by atoms with Crippen LogP contribution in [0.25, 0.3) is 0 Å². The van der Waals surface area contributed by atoms with Crippen molar-refractivity contribution in [1.29, 1.82) is 0 Å². The molecule has 1 atom stereocenters. The van der Waals surface area contributed by atoms with Gasteiger partial charge in [0.15, 0.2) is 11.9 Å². The molecule has 1 aliphatic heterocycles. The summed E-state index contributed by atoms with van der Waals surface area (Å²) in [5.41, 5.74) is 1.85. The third kappa shape index (κ3) is 4.12. The van der Waals surface area contributed by atoms with Gasteiger partial charge >= 0.3 is 5.97 Å². The molecule has 1 unspecified atom stereocenters. The van der Waals surface area contributed by atoms with Crippen molar-refractivity contribution in [3.8, 4) is 0 Å². The first kappa shape index (κ1) is 19.8. The number of aryl methyl sites for hydroxylation is 1. The summed E-state index contributed by atoms with van der Waals surface area (Å²) in [6.07, 6.45) is 5.46. The molecule has 0 spiro atoms. The van der Waals surface area contributed by atoms with Crippen LogP contribution in [0.4, 0.5) is 14.5 Å². The smallest absolute Gasteiger partial charge is 0.330 e. The maximum Gasteiger partial charge on any atom is 0.330 e. The van der Waals surface area contributed by atoms with Crippen molar-refractivity contribution >= 4 is 23.3 Å². The summed E-state index contributed by atoms with van der Waals surface area (Å²) >= 11 is 5.97. The van der Waals surface area contributed by atoms with Gasteiger partial charge in [0.05, 0.1) is 6.20 Å². The highest BCUT2D eigenvalue weighted by Gasteiger charge is 2.30. The van der Waals surface area contributed by atoms with Gasteiger partial charge in [0.25, 0.3) is 0 Å². The van der Waals surface area contributed by atoms with E-state index in [0.717, 1.165) is 11.8 Å². The Hall–Kier alpha value is -3.00. The fourth-order valence-corrected chi connectivity index (χ4v) is 2.99. The molecule has 0 saturated carbocycles. The van der Waals surface area contributed by atoms with Gasteiger partial charge in [-0.25, -0.2) is 18.6 Å². The molecule has 0 bridgehead atoms. The lowest BCUT2D eigenvalue weighted by Gasteiger charge is -2.34. The minimum atomic E-state index is -1.10. The molecule has 0 fully saturated rings. The number of anilines is 1. The van der Waals surface area contributed by atoms with Gasteiger partial charge in [-0.3, -0.25) is 4.98 Å². The van der Waals surface area contributed by atoms with Gasteiger partial charge in [-0.05, 0) is 37.6 Å². The van der Waals surface area contributed by atoms with E-state index in [4.69, 9.17) is 16.3 Å². The Morgan fingerprint density at radius 2 is 2.04 bits per heavy atom. The third-order valence-electron chi connectivity index (χ3n) is 4.14. The van der Waals surface area contributed by atoms with Gasteiger partial charge in [-0.1, -0.05) is 11.6 Å². The maximum atomic E-state index is 13.7. The molecular formula is C19H16ClF2N3O3. The summed E-state index contributed by atoms with van der Waals surface area (Å²) in [4.78, 5) is 21.1. The van der Waals surface area contributed by atoms with E-state index >= 15 is 0 Å².